The van der Waals surface area contributed by atoms with Crippen molar-refractivity contribution in [2.24, 2.45) is 5.92 Å². The number of nitrogens with zero attached hydrogens (tertiary/aromatic N) is 1. The molecule has 1 aliphatic rings. The molecule has 1 saturated heterocycles. The fourth-order valence-corrected chi connectivity index (χ4v) is 2.57. The van der Waals surface area contributed by atoms with Gasteiger partial charge in [-0.15, -0.1) is 0 Å². The third-order valence-corrected chi connectivity index (χ3v) is 3.57. The molecule has 0 radical (unpaired) electrons. The van der Waals surface area contributed by atoms with Gasteiger partial charge in [-0.2, -0.15) is 0 Å². The topological polar surface area (TPSA) is 72.6 Å². The Bertz CT molecular complexity index is 528. The van der Waals surface area contributed by atoms with E-state index < -0.39 is 5.97 Å². The number of methoxy groups -OCH3 is 1. The fourth-order valence-electron chi connectivity index (χ4n) is 2.57. The average molecular weight is 276 g/mol. The van der Waals surface area contributed by atoms with E-state index in [9.17, 15) is 9.59 Å². The lowest BCUT2D eigenvalue weighted by Gasteiger charge is -2.31. The maximum absolute atomic E-state index is 12.5. The van der Waals surface area contributed by atoms with Gasteiger partial charge in [0.25, 0.3) is 5.91 Å². The molecule has 0 aliphatic carbocycles. The van der Waals surface area contributed by atoms with Gasteiger partial charge in [-0.1, -0.05) is 6.92 Å². The summed E-state index contributed by atoms with van der Waals surface area (Å²) in [5, 5.41) is 0. The standard InChI is InChI=1S/C15H20N2O3/c1-10-4-3-5-17(9-10)14(18)11-6-12(15(19)20-2)8-13(16)7-11/h6-8,10H,3-5,9,16H2,1-2H3. The van der Waals surface area contributed by atoms with E-state index in [1.54, 1.807) is 12.1 Å². The molecule has 0 spiro atoms. The Balaban J connectivity index is 2.25. The molecule has 20 heavy (non-hydrogen) atoms. The zero-order chi connectivity index (χ0) is 14.7. The third kappa shape index (κ3) is 3.10. The highest BCUT2D eigenvalue weighted by atomic mass is 16.5. The number of anilines is 1. The van der Waals surface area contributed by atoms with Crippen LogP contribution < -0.4 is 5.73 Å². The van der Waals surface area contributed by atoms with Crippen LogP contribution in [0, 0.1) is 5.92 Å². The minimum absolute atomic E-state index is 0.0750. The van der Waals surface area contributed by atoms with Crippen molar-refractivity contribution in [1.29, 1.82) is 0 Å². The minimum Gasteiger partial charge on any atom is -0.465 e. The van der Waals surface area contributed by atoms with Crippen molar-refractivity contribution in [2.45, 2.75) is 19.8 Å². The summed E-state index contributed by atoms with van der Waals surface area (Å²) in [6, 6.07) is 4.67. The van der Waals surface area contributed by atoms with Crippen LogP contribution in [0.25, 0.3) is 0 Å². The van der Waals surface area contributed by atoms with Crippen molar-refractivity contribution in [3.63, 3.8) is 0 Å². The highest BCUT2D eigenvalue weighted by molar-refractivity contribution is 5.99. The number of nitrogens with two attached hydrogens (primary N) is 1. The molecule has 108 valence electrons. The van der Waals surface area contributed by atoms with Gasteiger partial charge in [0.1, 0.15) is 0 Å². The van der Waals surface area contributed by atoms with Crippen LogP contribution in [0.5, 0.6) is 0 Å². The zero-order valence-corrected chi connectivity index (χ0v) is 11.9. The summed E-state index contributed by atoms with van der Waals surface area (Å²) >= 11 is 0. The second kappa shape index (κ2) is 5.94. The molecular formula is C15H20N2O3. The first-order valence-corrected chi connectivity index (χ1v) is 6.79. The maximum atomic E-state index is 12.5. The lowest BCUT2D eigenvalue weighted by Crippen LogP contribution is -2.39. The van der Waals surface area contributed by atoms with Crippen molar-refractivity contribution in [2.75, 3.05) is 25.9 Å². The van der Waals surface area contributed by atoms with Crippen LogP contribution in [-0.2, 0) is 4.74 Å². The molecule has 1 amide bonds. The molecule has 0 aromatic heterocycles. The molecule has 2 rings (SSSR count). The quantitative estimate of drug-likeness (QED) is 0.661. The van der Waals surface area contributed by atoms with E-state index in [-0.39, 0.29) is 5.91 Å². The molecule has 1 aliphatic heterocycles. The van der Waals surface area contributed by atoms with Gasteiger partial charge >= 0.3 is 5.97 Å². The van der Waals surface area contributed by atoms with Crippen LogP contribution in [0.15, 0.2) is 18.2 Å². The summed E-state index contributed by atoms with van der Waals surface area (Å²) in [6.07, 6.45) is 2.16. The number of hydrogen-bond acceptors (Lipinski definition) is 4. The predicted octanol–water partition coefficient (Wildman–Crippen LogP) is 1.93. The Hall–Kier alpha value is -2.04. The Morgan fingerprint density at radius 1 is 1.30 bits per heavy atom. The predicted molar refractivity (Wildman–Crippen MR) is 76.5 cm³/mol. The van der Waals surface area contributed by atoms with Crippen LogP contribution in [0.3, 0.4) is 0 Å². The van der Waals surface area contributed by atoms with Crippen LogP contribution in [0.4, 0.5) is 5.69 Å². The molecule has 2 N–H and O–H groups in total. The molecule has 1 aromatic carbocycles. The summed E-state index contributed by atoms with van der Waals surface area (Å²) in [5.74, 6) is -0.0544. The highest BCUT2D eigenvalue weighted by Crippen LogP contribution is 2.20. The first kappa shape index (κ1) is 14.4. The molecule has 1 unspecified atom stereocenters. The zero-order valence-electron chi connectivity index (χ0n) is 11.9. The lowest BCUT2D eigenvalue weighted by atomic mass is 9.99. The number of likely N-dealkylation sites (tertiary alicyclic amines) is 1. The molecule has 1 fully saturated rings. The van der Waals surface area contributed by atoms with Gasteiger partial charge in [0.05, 0.1) is 12.7 Å². The maximum Gasteiger partial charge on any atom is 0.337 e. The van der Waals surface area contributed by atoms with Crippen molar-refractivity contribution < 1.29 is 14.3 Å². The number of amides is 1. The SMILES string of the molecule is COC(=O)c1cc(N)cc(C(=O)N2CCCC(C)C2)c1. The van der Waals surface area contributed by atoms with Gasteiger partial charge in [0.2, 0.25) is 0 Å². The van der Waals surface area contributed by atoms with E-state index in [0.29, 0.717) is 22.7 Å². The van der Waals surface area contributed by atoms with E-state index in [0.717, 1.165) is 25.9 Å². The van der Waals surface area contributed by atoms with E-state index in [4.69, 9.17) is 5.73 Å². The van der Waals surface area contributed by atoms with Gasteiger partial charge in [-0.05, 0) is 37.0 Å². The number of ether oxygens (including phenoxy) is 1. The molecule has 0 saturated carbocycles. The molecule has 5 nitrogen and oxygen atoms in total. The summed E-state index contributed by atoms with van der Waals surface area (Å²) in [5.41, 5.74) is 6.91. The summed E-state index contributed by atoms with van der Waals surface area (Å²) < 4.78 is 4.67. The molecule has 1 aromatic rings. The number of benzene rings is 1. The molecule has 5 heteroatoms. The van der Waals surface area contributed by atoms with Crippen molar-refractivity contribution in [3.8, 4) is 0 Å². The van der Waals surface area contributed by atoms with Crippen molar-refractivity contribution in [1.82, 2.24) is 4.90 Å². The molecule has 1 heterocycles. The highest BCUT2D eigenvalue weighted by Gasteiger charge is 2.23. The second-order valence-corrected chi connectivity index (χ2v) is 5.33. The van der Waals surface area contributed by atoms with Gasteiger partial charge in [0, 0.05) is 24.3 Å². The Morgan fingerprint density at radius 3 is 2.65 bits per heavy atom. The van der Waals surface area contributed by atoms with E-state index >= 15 is 0 Å². The fraction of sp³-hybridized carbons (Fsp3) is 0.467. The van der Waals surface area contributed by atoms with E-state index in [2.05, 4.69) is 11.7 Å². The van der Waals surface area contributed by atoms with Crippen LogP contribution in [-0.4, -0.2) is 37.0 Å². The second-order valence-electron chi connectivity index (χ2n) is 5.33. The molecule has 0 bridgehead atoms. The first-order valence-electron chi connectivity index (χ1n) is 6.79. The minimum atomic E-state index is -0.488. The number of carbonyl (C=O) groups is 2. The van der Waals surface area contributed by atoms with Crippen LogP contribution >= 0.6 is 0 Å². The summed E-state index contributed by atoms with van der Waals surface area (Å²) in [4.78, 5) is 25.9. The Labute approximate surface area is 118 Å². The van der Waals surface area contributed by atoms with Gasteiger partial charge < -0.3 is 15.4 Å². The van der Waals surface area contributed by atoms with Gasteiger partial charge in [-0.25, -0.2) is 4.79 Å². The number of rotatable bonds is 2. The smallest absolute Gasteiger partial charge is 0.337 e. The van der Waals surface area contributed by atoms with Crippen LogP contribution in [0.1, 0.15) is 40.5 Å². The largest absolute Gasteiger partial charge is 0.465 e. The number of esters is 1. The number of nitrogen functional groups attached to an aromatic ring is 1. The van der Waals surface area contributed by atoms with Crippen LogP contribution in [0.2, 0.25) is 0 Å². The number of hydrogen-bond donors (Lipinski definition) is 1. The third-order valence-electron chi connectivity index (χ3n) is 3.57. The monoisotopic (exact) mass is 276 g/mol. The normalized spacial score (nSPS) is 18.7. The van der Waals surface area contributed by atoms with E-state index in [1.807, 2.05) is 4.90 Å². The van der Waals surface area contributed by atoms with Crippen molar-refractivity contribution in [3.05, 3.63) is 29.3 Å². The van der Waals surface area contributed by atoms with Crippen molar-refractivity contribution >= 4 is 17.6 Å². The van der Waals surface area contributed by atoms with E-state index in [1.165, 1.54) is 13.2 Å². The van der Waals surface area contributed by atoms with Gasteiger partial charge in [-0.3, -0.25) is 4.79 Å². The molecular weight excluding hydrogens is 256 g/mol. The lowest BCUT2D eigenvalue weighted by molar-refractivity contribution is 0.0600. The number of piperidine rings is 1. The first-order chi connectivity index (χ1) is 9.51. The Kier molecular flexibility index (Phi) is 4.27. The summed E-state index contributed by atoms with van der Waals surface area (Å²) in [6.45, 7) is 3.64. The Morgan fingerprint density at radius 2 is 2.00 bits per heavy atom. The summed E-state index contributed by atoms with van der Waals surface area (Å²) in [7, 11) is 1.30. The molecule has 1 atom stereocenters. The average Bonchev–Trinajstić information content (AvgIpc) is 2.45. The number of carbonyl (C=O) groups excluding carboxylic acids is 2. The van der Waals surface area contributed by atoms with Gasteiger partial charge in [0.15, 0.2) is 0 Å².